The first-order chi connectivity index (χ1) is 9.45. The lowest BCUT2D eigenvalue weighted by Gasteiger charge is -2.18. The van der Waals surface area contributed by atoms with Crippen molar-refractivity contribution in [1.82, 2.24) is 0 Å². The molecule has 0 bridgehead atoms. The van der Waals surface area contributed by atoms with E-state index in [2.05, 4.69) is 5.32 Å². The molecule has 0 saturated carbocycles. The number of hydrogen-bond donors (Lipinski definition) is 2. The van der Waals surface area contributed by atoms with Crippen molar-refractivity contribution in [3.63, 3.8) is 0 Å². The van der Waals surface area contributed by atoms with Gasteiger partial charge in [0, 0.05) is 20.8 Å². The molecule has 0 radical (unpaired) electrons. The third-order valence-electron chi connectivity index (χ3n) is 2.64. The van der Waals surface area contributed by atoms with Crippen molar-refractivity contribution in [2.75, 3.05) is 5.32 Å². The molecule has 20 heavy (non-hydrogen) atoms. The van der Waals surface area contributed by atoms with Gasteiger partial charge in [-0.3, -0.25) is 4.79 Å². The predicted molar refractivity (Wildman–Crippen MR) is 83.5 cm³/mol. The SMILES string of the molecule is NC(=O)C(Nc1cccc(Cl)c1)c1cc(Cl)cc(Cl)c1. The largest absolute Gasteiger partial charge is 0.370 e. The molecule has 1 atom stereocenters. The maximum Gasteiger partial charge on any atom is 0.244 e. The van der Waals surface area contributed by atoms with Crippen LogP contribution in [0.2, 0.25) is 15.1 Å². The highest BCUT2D eigenvalue weighted by atomic mass is 35.5. The van der Waals surface area contributed by atoms with E-state index in [9.17, 15) is 4.79 Å². The molecule has 104 valence electrons. The normalized spacial score (nSPS) is 11.9. The summed E-state index contributed by atoms with van der Waals surface area (Å²) in [6.45, 7) is 0. The van der Waals surface area contributed by atoms with Gasteiger partial charge in [0.15, 0.2) is 0 Å². The highest BCUT2D eigenvalue weighted by Crippen LogP contribution is 2.27. The first-order valence-corrected chi connectivity index (χ1v) is 6.86. The van der Waals surface area contributed by atoms with Gasteiger partial charge in [0.2, 0.25) is 5.91 Å². The second kappa shape index (κ2) is 6.35. The molecule has 0 aliphatic heterocycles. The molecule has 1 amide bonds. The second-order valence-electron chi connectivity index (χ2n) is 4.19. The van der Waals surface area contributed by atoms with Gasteiger partial charge in [-0.25, -0.2) is 0 Å². The zero-order chi connectivity index (χ0) is 14.7. The molecule has 0 fully saturated rings. The van der Waals surface area contributed by atoms with Gasteiger partial charge in [-0.2, -0.15) is 0 Å². The van der Waals surface area contributed by atoms with Crippen molar-refractivity contribution in [2.24, 2.45) is 5.73 Å². The fourth-order valence-electron chi connectivity index (χ4n) is 1.81. The second-order valence-corrected chi connectivity index (χ2v) is 5.50. The average molecular weight is 330 g/mol. The minimum Gasteiger partial charge on any atom is -0.370 e. The number of carbonyl (C=O) groups is 1. The lowest BCUT2D eigenvalue weighted by Crippen LogP contribution is -2.27. The van der Waals surface area contributed by atoms with Crippen LogP contribution in [0, 0.1) is 0 Å². The monoisotopic (exact) mass is 328 g/mol. The zero-order valence-corrected chi connectivity index (χ0v) is 12.5. The number of hydrogen-bond acceptors (Lipinski definition) is 2. The molecule has 0 saturated heterocycles. The van der Waals surface area contributed by atoms with Crippen LogP contribution in [0.3, 0.4) is 0 Å². The van der Waals surface area contributed by atoms with Crippen molar-refractivity contribution in [3.05, 3.63) is 63.1 Å². The van der Waals surface area contributed by atoms with Crippen molar-refractivity contribution in [2.45, 2.75) is 6.04 Å². The lowest BCUT2D eigenvalue weighted by molar-refractivity contribution is -0.118. The first-order valence-electron chi connectivity index (χ1n) is 5.73. The van der Waals surface area contributed by atoms with Crippen LogP contribution in [-0.4, -0.2) is 5.91 Å². The van der Waals surface area contributed by atoms with E-state index in [4.69, 9.17) is 40.5 Å². The summed E-state index contributed by atoms with van der Waals surface area (Å²) in [4.78, 5) is 11.7. The summed E-state index contributed by atoms with van der Waals surface area (Å²) in [6, 6.07) is 11.1. The maximum atomic E-state index is 11.7. The Morgan fingerprint density at radius 3 is 2.20 bits per heavy atom. The highest BCUT2D eigenvalue weighted by Gasteiger charge is 2.18. The standard InChI is InChI=1S/C14H11Cl3N2O/c15-9-2-1-3-12(7-9)19-13(14(18)20)8-4-10(16)6-11(17)5-8/h1-7,13,19H,(H2,18,20). The van der Waals surface area contributed by atoms with Crippen molar-refractivity contribution in [1.29, 1.82) is 0 Å². The summed E-state index contributed by atoms with van der Waals surface area (Å²) >= 11 is 17.8. The summed E-state index contributed by atoms with van der Waals surface area (Å²) in [5, 5.41) is 4.44. The zero-order valence-electron chi connectivity index (χ0n) is 10.2. The predicted octanol–water partition coefficient (Wildman–Crippen LogP) is 4.29. The van der Waals surface area contributed by atoms with Crippen molar-refractivity contribution >= 4 is 46.4 Å². The Morgan fingerprint density at radius 2 is 1.65 bits per heavy atom. The Morgan fingerprint density at radius 1 is 1.00 bits per heavy atom. The number of benzene rings is 2. The molecule has 0 heterocycles. The number of amides is 1. The molecular weight excluding hydrogens is 319 g/mol. The molecule has 2 aromatic carbocycles. The number of carbonyl (C=O) groups excluding carboxylic acids is 1. The van der Waals surface area contributed by atoms with Crippen LogP contribution in [0.1, 0.15) is 11.6 Å². The molecule has 2 rings (SSSR count). The van der Waals surface area contributed by atoms with Crippen LogP contribution >= 0.6 is 34.8 Å². The number of rotatable bonds is 4. The van der Waals surface area contributed by atoms with Crippen LogP contribution in [-0.2, 0) is 4.79 Å². The summed E-state index contributed by atoms with van der Waals surface area (Å²) in [5.74, 6) is -0.539. The van der Waals surface area contributed by atoms with Gasteiger partial charge in [-0.05, 0) is 42.0 Å². The molecular formula is C14H11Cl3N2O. The number of anilines is 1. The van der Waals surface area contributed by atoms with E-state index in [-0.39, 0.29) is 0 Å². The number of primary amides is 1. The summed E-state index contributed by atoms with van der Waals surface area (Å²) in [7, 11) is 0. The van der Waals surface area contributed by atoms with Gasteiger partial charge in [0.1, 0.15) is 6.04 Å². The van der Waals surface area contributed by atoms with Crippen LogP contribution < -0.4 is 11.1 Å². The van der Waals surface area contributed by atoms with Gasteiger partial charge in [0.25, 0.3) is 0 Å². The Balaban J connectivity index is 2.34. The molecule has 0 aliphatic carbocycles. The number of nitrogens with two attached hydrogens (primary N) is 1. The Labute approximate surface area is 131 Å². The molecule has 0 spiro atoms. The maximum absolute atomic E-state index is 11.7. The molecule has 6 heteroatoms. The summed E-state index contributed by atoms with van der Waals surface area (Å²) in [5.41, 5.74) is 6.70. The van der Waals surface area contributed by atoms with E-state index < -0.39 is 11.9 Å². The van der Waals surface area contributed by atoms with Crippen LogP contribution in [0.5, 0.6) is 0 Å². The minimum atomic E-state index is -0.746. The van der Waals surface area contributed by atoms with Crippen LogP contribution in [0.15, 0.2) is 42.5 Å². The van der Waals surface area contributed by atoms with Gasteiger partial charge in [-0.15, -0.1) is 0 Å². The minimum absolute atomic E-state index is 0.437. The molecule has 3 nitrogen and oxygen atoms in total. The Hall–Kier alpha value is -1.42. The molecule has 0 aromatic heterocycles. The molecule has 3 N–H and O–H groups in total. The third-order valence-corrected chi connectivity index (χ3v) is 3.31. The topological polar surface area (TPSA) is 55.1 Å². The van der Waals surface area contributed by atoms with Gasteiger partial charge in [0.05, 0.1) is 0 Å². The molecule has 1 unspecified atom stereocenters. The van der Waals surface area contributed by atoms with Crippen molar-refractivity contribution < 1.29 is 4.79 Å². The third kappa shape index (κ3) is 3.79. The van der Waals surface area contributed by atoms with Crippen molar-refractivity contribution in [3.8, 4) is 0 Å². The molecule has 0 aliphatic rings. The van der Waals surface area contributed by atoms with Gasteiger partial charge < -0.3 is 11.1 Å². The number of halogens is 3. The summed E-state index contributed by atoms with van der Waals surface area (Å²) in [6.07, 6.45) is 0. The first kappa shape index (κ1) is 15.0. The van der Waals surface area contributed by atoms with E-state index in [0.717, 1.165) is 0 Å². The van der Waals surface area contributed by atoms with Crippen LogP contribution in [0.4, 0.5) is 5.69 Å². The van der Waals surface area contributed by atoms with E-state index in [1.165, 1.54) is 0 Å². The van der Waals surface area contributed by atoms with Gasteiger partial charge >= 0.3 is 0 Å². The average Bonchev–Trinajstić information content (AvgIpc) is 2.34. The molecule has 2 aromatic rings. The number of nitrogens with one attached hydrogen (secondary N) is 1. The highest BCUT2D eigenvalue weighted by molar-refractivity contribution is 6.34. The van der Waals surface area contributed by atoms with E-state index in [0.29, 0.717) is 26.3 Å². The smallest absolute Gasteiger partial charge is 0.244 e. The van der Waals surface area contributed by atoms with E-state index in [1.54, 1.807) is 42.5 Å². The van der Waals surface area contributed by atoms with E-state index in [1.807, 2.05) is 0 Å². The fourth-order valence-corrected chi connectivity index (χ4v) is 2.54. The van der Waals surface area contributed by atoms with Crippen LogP contribution in [0.25, 0.3) is 0 Å². The Bertz CT molecular complexity index is 626. The quantitative estimate of drug-likeness (QED) is 0.879. The van der Waals surface area contributed by atoms with Gasteiger partial charge in [-0.1, -0.05) is 40.9 Å². The fraction of sp³-hybridized carbons (Fsp3) is 0.0714. The lowest BCUT2D eigenvalue weighted by atomic mass is 10.1. The Kier molecular flexibility index (Phi) is 4.76. The summed E-state index contributed by atoms with van der Waals surface area (Å²) < 4.78 is 0. The van der Waals surface area contributed by atoms with E-state index >= 15 is 0 Å².